The molecule has 2 aliphatic heterocycles. The number of likely N-dealkylation sites (N-methyl/N-ethyl adjacent to an activating group) is 1. The zero-order chi connectivity index (χ0) is 15.5. The summed E-state index contributed by atoms with van der Waals surface area (Å²) < 4.78 is 0. The number of hydrogen-bond acceptors (Lipinski definition) is 4. The SMILES string of the molecule is CNCCN1C(=O)CC[C@H]2CN(c3ncccc3Cl)CC[C@H]21. The molecule has 1 amide bonds. The lowest BCUT2D eigenvalue weighted by atomic mass is 9.83. The van der Waals surface area contributed by atoms with Gasteiger partial charge in [-0.2, -0.15) is 0 Å². The van der Waals surface area contributed by atoms with Gasteiger partial charge in [-0.05, 0) is 37.9 Å². The Morgan fingerprint density at radius 1 is 1.45 bits per heavy atom. The van der Waals surface area contributed by atoms with E-state index in [2.05, 4.69) is 20.1 Å². The van der Waals surface area contributed by atoms with Crippen molar-refractivity contribution in [3.8, 4) is 0 Å². The molecule has 5 nitrogen and oxygen atoms in total. The molecule has 2 fully saturated rings. The summed E-state index contributed by atoms with van der Waals surface area (Å²) in [4.78, 5) is 21.0. The number of rotatable bonds is 4. The Labute approximate surface area is 136 Å². The number of nitrogens with zero attached hydrogens (tertiary/aromatic N) is 3. The fourth-order valence-corrected chi connectivity index (χ4v) is 3.92. The summed E-state index contributed by atoms with van der Waals surface area (Å²) in [5, 5.41) is 3.85. The van der Waals surface area contributed by atoms with Crippen molar-refractivity contribution in [3.63, 3.8) is 0 Å². The van der Waals surface area contributed by atoms with Gasteiger partial charge in [-0.15, -0.1) is 0 Å². The van der Waals surface area contributed by atoms with Crippen LogP contribution in [0.3, 0.4) is 0 Å². The first-order chi connectivity index (χ1) is 10.7. The number of amides is 1. The zero-order valence-electron chi connectivity index (χ0n) is 13.0. The molecule has 1 N–H and O–H groups in total. The lowest BCUT2D eigenvalue weighted by Crippen LogP contribution is -2.57. The van der Waals surface area contributed by atoms with Crippen molar-refractivity contribution in [2.75, 3.05) is 38.1 Å². The summed E-state index contributed by atoms with van der Waals surface area (Å²) in [5.74, 6) is 1.70. The van der Waals surface area contributed by atoms with Gasteiger partial charge in [0, 0.05) is 44.8 Å². The minimum Gasteiger partial charge on any atom is -0.355 e. The molecule has 2 saturated heterocycles. The van der Waals surface area contributed by atoms with E-state index in [1.165, 1.54) is 0 Å². The molecule has 0 aliphatic carbocycles. The molecule has 0 aromatic carbocycles. The standard InChI is InChI=1S/C16H23ClN4O/c1-18-8-10-21-14-6-9-20(11-12(14)4-5-15(21)22)16-13(17)3-2-7-19-16/h2-3,7,12,14,18H,4-6,8-11H2,1H3/t12-,14+/m0/s1. The van der Waals surface area contributed by atoms with Gasteiger partial charge < -0.3 is 15.1 Å². The Morgan fingerprint density at radius 3 is 3.09 bits per heavy atom. The number of hydrogen-bond donors (Lipinski definition) is 1. The Morgan fingerprint density at radius 2 is 2.32 bits per heavy atom. The highest BCUT2D eigenvalue weighted by atomic mass is 35.5. The molecule has 120 valence electrons. The van der Waals surface area contributed by atoms with E-state index < -0.39 is 0 Å². The van der Waals surface area contributed by atoms with Crippen LogP contribution in [0.2, 0.25) is 5.02 Å². The molecule has 0 bridgehead atoms. The summed E-state index contributed by atoms with van der Waals surface area (Å²) in [5.41, 5.74) is 0. The second kappa shape index (κ2) is 6.84. The van der Waals surface area contributed by atoms with Gasteiger partial charge in [0.2, 0.25) is 5.91 Å². The first-order valence-corrected chi connectivity index (χ1v) is 8.38. The maximum absolute atomic E-state index is 12.2. The topological polar surface area (TPSA) is 48.5 Å². The molecule has 1 aromatic heterocycles. The quantitative estimate of drug-likeness (QED) is 0.918. The fourth-order valence-electron chi connectivity index (χ4n) is 3.68. The van der Waals surface area contributed by atoms with Crippen molar-refractivity contribution in [3.05, 3.63) is 23.4 Å². The van der Waals surface area contributed by atoms with Gasteiger partial charge in [0.05, 0.1) is 5.02 Å². The van der Waals surface area contributed by atoms with E-state index in [4.69, 9.17) is 11.6 Å². The van der Waals surface area contributed by atoms with Crippen LogP contribution in [0, 0.1) is 5.92 Å². The number of fused-ring (bicyclic) bond motifs is 1. The average molecular weight is 323 g/mol. The van der Waals surface area contributed by atoms with Gasteiger partial charge in [-0.1, -0.05) is 11.6 Å². The van der Waals surface area contributed by atoms with Crippen LogP contribution in [0.25, 0.3) is 0 Å². The van der Waals surface area contributed by atoms with E-state index >= 15 is 0 Å². The van der Waals surface area contributed by atoms with Gasteiger partial charge in [0.1, 0.15) is 5.82 Å². The van der Waals surface area contributed by atoms with Crippen LogP contribution in [0.1, 0.15) is 19.3 Å². The van der Waals surface area contributed by atoms with Crippen LogP contribution in [-0.2, 0) is 4.79 Å². The Hall–Kier alpha value is -1.33. The lowest BCUT2D eigenvalue weighted by Gasteiger charge is -2.47. The van der Waals surface area contributed by atoms with Gasteiger partial charge in [0.15, 0.2) is 0 Å². The highest BCUT2D eigenvalue weighted by Gasteiger charge is 2.39. The van der Waals surface area contributed by atoms with Crippen LogP contribution in [0.15, 0.2) is 18.3 Å². The van der Waals surface area contributed by atoms with Crippen LogP contribution >= 0.6 is 11.6 Å². The average Bonchev–Trinajstić information content (AvgIpc) is 2.54. The number of nitrogens with one attached hydrogen (secondary N) is 1. The minimum absolute atomic E-state index is 0.306. The number of aromatic nitrogens is 1. The molecule has 22 heavy (non-hydrogen) atoms. The predicted octanol–water partition coefficient (Wildman–Crippen LogP) is 1.77. The first kappa shape index (κ1) is 15.6. The summed E-state index contributed by atoms with van der Waals surface area (Å²) in [6.07, 6.45) is 4.42. The van der Waals surface area contributed by atoms with Crippen molar-refractivity contribution in [2.24, 2.45) is 5.92 Å². The first-order valence-electron chi connectivity index (χ1n) is 8.00. The number of carbonyl (C=O) groups is 1. The van der Waals surface area contributed by atoms with Crippen molar-refractivity contribution < 1.29 is 4.79 Å². The number of pyridine rings is 1. The molecule has 6 heteroatoms. The van der Waals surface area contributed by atoms with Crippen LogP contribution in [-0.4, -0.2) is 55.1 Å². The molecule has 0 saturated carbocycles. The van der Waals surface area contributed by atoms with E-state index in [0.29, 0.717) is 29.3 Å². The van der Waals surface area contributed by atoms with Crippen LogP contribution < -0.4 is 10.2 Å². The maximum atomic E-state index is 12.2. The third-order valence-corrected chi connectivity index (χ3v) is 5.08. The fraction of sp³-hybridized carbons (Fsp3) is 0.625. The predicted molar refractivity (Wildman–Crippen MR) is 88.2 cm³/mol. The highest BCUT2D eigenvalue weighted by molar-refractivity contribution is 6.32. The zero-order valence-corrected chi connectivity index (χ0v) is 13.7. The summed E-state index contributed by atoms with van der Waals surface area (Å²) in [6.45, 7) is 3.50. The van der Waals surface area contributed by atoms with Gasteiger partial charge in [0.25, 0.3) is 0 Å². The molecule has 3 rings (SSSR count). The molecule has 2 aliphatic rings. The number of likely N-dealkylation sites (tertiary alicyclic amines) is 1. The van der Waals surface area contributed by atoms with E-state index in [1.54, 1.807) is 6.20 Å². The normalized spacial score (nSPS) is 25.3. The van der Waals surface area contributed by atoms with Crippen LogP contribution in [0.4, 0.5) is 5.82 Å². The summed E-state index contributed by atoms with van der Waals surface area (Å²) in [7, 11) is 1.93. The van der Waals surface area contributed by atoms with E-state index in [-0.39, 0.29) is 0 Å². The number of carbonyl (C=O) groups excluding carboxylic acids is 1. The third-order valence-electron chi connectivity index (χ3n) is 4.78. The van der Waals surface area contributed by atoms with E-state index in [9.17, 15) is 4.79 Å². The van der Waals surface area contributed by atoms with Crippen molar-refractivity contribution in [2.45, 2.75) is 25.3 Å². The molecule has 0 spiro atoms. The third kappa shape index (κ3) is 3.06. The maximum Gasteiger partial charge on any atom is 0.222 e. The summed E-state index contributed by atoms with van der Waals surface area (Å²) >= 11 is 6.28. The van der Waals surface area contributed by atoms with Gasteiger partial charge >= 0.3 is 0 Å². The molecular weight excluding hydrogens is 300 g/mol. The van der Waals surface area contributed by atoms with E-state index in [0.717, 1.165) is 44.8 Å². The van der Waals surface area contributed by atoms with E-state index in [1.807, 2.05) is 19.2 Å². The molecule has 2 atom stereocenters. The summed E-state index contributed by atoms with van der Waals surface area (Å²) in [6, 6.07) is 4.12. The largest absolute Gasteiger partial charge is 0.355 e. The van der Waals surface area contributed by atoms with Gasteiger partial charge in [-0.25, -0.2) is 4.98 Å². The highest BCUT2D eigenvalue weighted by Crippen LogP contribution is 2.34. The molecule has 3 heterocycles. The minimum atomic E-state index is 0.306. The number of piperidine rings is 2. The molecular formula is C16H23ClN4O. The molecule has 0 radical (unpaired) electrons. The molecule has 1 aromatic rings. The van der Waals surface area contributed by atoms with Crippen molar-refractivity contribution in [1.82, 2.24) is 15.2 Å². The molecule has 0 unspecified atom stereocenters. The number of anilines is 1. The Kier molecular flexibility index (Phi) is 4.84. The van der Waals surface area contributed by atoms with Gasteiger partial charge in [-0.3, -0.25) is 4.79 Å². The monoisotopic (exact) mass is 322 g/mol. The second-order valence-electron chi connectivity index (χ2n) is 6.10. The van der Waals surface area contributed by atoms with Crippen molar-refractivity contribution >= 4 is 23.3 Å². The lowest BCUT2D eigenvalue weighted by molar-refractivity contribution is -0.139. The Bertz CT molecular complexity index is 539. The Balaban J connectivity index is 1.71. The second-order valence-corrected chi connectivity index (χ2v) is 6.51. The van der Waals surface area contributed by atoms with Crippen LogP contribution in [0.5, 0.6) is 0 Å². The smallest absolute Gasteiger partial charge is 0.222 e. The number of halogens is 1. The van der Waals surface area contributed by atoms with Crippen molar-refractivity contribution in [1.29, 1.82) is 0 Å².